The monoisotopic (exact) mass is 223 g/mol. The van der Waals surface area contributed by atoms with Gasteiger partial charge in [0.2, 0.25) is 5.95 Å². The fourth-order valence-corrected chi connectivity index (χ4v) is 1.61. The summed E-state index contributed by atoms with van der Waals surface area (Å²) in [4.78, 5) is 21.6. The maximum atomic E-state index is 11.6. The van der Waals surface area contributed by atoms with Crippen molar-refractivity contribution in [2.75, 3.05) is 31.8 Å². The van der Waals surface area contributed by atoms with E-state index in [0.717, 1.165) is 0 Å². The maximum absolute atomic E-state index is 11.6. The summed E-state index contributed by atoms with van der Waals surface area (Å²) in [7, 11) is 1.36. The zero-order chi connectivity index (χ0) is 11.4. The number of rotatable bonds is 2. The molecule has 1 unspecified atom stereocenters. The SMILES string of the molecule is COC(=O)C1COCCN1c1ncccn1. The topological polar surface area (TPSA) is 64.6 Å². The lowest BCUT2D eigenvalue weighted by Crippen LogP contribution is -2.51. The van der Waals surface area contributed by atoms with Crippen molar-refractivity contribution in [2.45, 2.75) is 6.04 Å². The van der Waals surface area contributed by atoms with Gasteiger partial charge in [-0.25, -0.2) is 14.8 Å². The fourth-order valence-electron chi connectivity index (χ4n) is 1.61. The smallest absolute Gasteiger partial charge is 0.331 e. The Labute approximate surface area is 93.2 Å². The van der Waals surface area contributed by atoms with E-state index in [1.165, 1.54) is 7.11 Å². The molecule has 16 heavy (non-hydrogen) atoms. The number of nitrogens with zero attached hydrogens (tertiary/aromatic N) is 3. The summed E-state index contributed by atoms with van der Waals surface area (Å²) in [5.74, 6) is 0.202. The molecule has 1 aromatic heterocycles. The van der Waals surface area contributed by atoms with Gasteiger partial charge in [0.15, 0.2) is 6.04 Å². The second-order valence-electron chi connectivity index (χ2n) is 3.36. The van der Waals surface area contributed by atoms with Gasteiger partial charge in [0.1, 0.15) is 0 Å². The molecule has 0 N–H and O–H groups in total. The van der Waals surface area contributed by atoms with Crippen molar-refractivity contribution in [1.29, 1.82) is 0 Å². The molecule has 1 atom stereocenters. The summed E-state index contributed by atoms with van der Waals surface area (Å²) in [5, 5.41) is 0. The Balaban J connectivity index is 2.20. The molecule has 1 aliphatic heterocycles. The van der Waals surface area contributed by atoms with Crippen LogP contribution >= 0.6 is 0 Å². The van der Waals surface area contributed by atoms with Gasteiger partial charge in [-0.15, -0.1) is 0 Å². The van der Waals surface area contributed by atoms with Crippen LogP contribution in [0, 0.1) is 0 Å². The number of esters is 1. The summed E-state index contributed by atoms with van der Waals surface area (Å²) in [6.45, 7) is 1.46. The number of methoxy groups -OCH3 is 1. The summed E-state index contributed by atoms with van der Waals surface area (Å²) >= 11 is 0. The molecule has 0 aromatic carbocycles. The van der Waals surface area contributed by atoms with Crippen LogP contribution in [0.2, 0.25) is 0 Å². The number of hydrogen-bond donors (Lipinski definition) is 0. The Hall–Kier alpha value is -1.69. The van der Waals surface area contributed by atoms with E-state index < -0.39 is 6.04 Å². The van der Waals surface area contributed by atoms with Gasteiger partial charge < -0.3 is 14.4 Å². The van der Waals surface area contributed by atoms with Crippen LogP contribution in [0.1, 0.15) is 0 Å². The van der Waals surface area contributed by atoms with Crippen molar-refractivity contribution < 1.29 is 14.3 Å². The number of anilines is 1. The lowest BCUT2D eigenvalue weighted by atomic mass is 10.2. The standard InChI is InChI=1S/C10H13N3O3/c1-15-9(14)8-7-16-6-5-13(8)10-11-3-2-4-12-10/h2-4,8H,5-7H2,1H3. The van der Waals surface area contributed by atoms with Gasteiger partial charge in [0, 0.05) is 18.9 Å². The Morgan fingerprint density at radius 1 is 1.56 bits per heavy atom. The molecule has 2 heterocycles. The molecule has 0 saturated carbocycles. The van der Waals surface area contributed by atoms with Crippen LogP contribution in [0.4, 0.5) is 5.95 Å². The van der Waals surface area contributed by atoms with Gasteiger partial charge in [0.05, 0.1) is 20.3 Å². The second kappa shape index (κ2) is 4.89. The number of ether oxygens (including phenoxy) is 2. The highest BCUT2D eigenvalue weighted by Crippen LogP contribution is 2.14. The zero-order valence-electron chi connectivity index (χ0n) is 9.00. The predicted octanol–water partition coefficient (Wildman–Crippen LogP) is -0.145. The predicted molar refractivity (Wildman–Crippen MR) is 56.0 cm³/mol. The first-order valence-electron chi connectivity index (χ1n) is 5.02. The van der Waals surface area contributed by atoms with Gasteiger partial charge in [-0.2, -0.15) is 0 Å². The van der Waals surface area contributed by atoms with Crippen LogP contribution in [0.15, 0.2) is 18.5 Å². The average molecular weight is 223 g/mol. The van der Waals surface area contributed by atoms with Gasteiger partial charge in [-0.05, 0) is 6.07 Å². The zero-order valence-corrected chi connectivity index (χ0v) is 9.00. The highest BCUT2D eigenvalue weighted by atomic mass is 16.5. The normalized spacial score (nSPS) is 20.6. The Morgan fingerprint density at radius 3 is 3.00 bits per heavy atom. The number of aromatic nitrogens is 2. The van der Waals surface area contributed by atoms with Crippen molar-refractivity contribution >= 4 is 11.9 Å². The van der Waals surface area contributed by atoms with Crippen LogP contribution in [0.25, 0.3) is 0 Å². The van der Waals surface area contributed by atoms with Crippen LogP contribution < -0.4 is 4.90 Å². The molecular weight excluding hydrogens is 210 g/mol. The van der Waals surface area contributed by atoms with E-state index in [2.05, 4.69) is 9.97 Å². The van der Waals surface area contributed by atoms with Gasteiger partial charge >= 0.3 is 5.97 Å². The highest BCUT2D eigenvalue weighted by Gasteiger charge is 2.31. The van der Waals surface area contributed by atoms with E-state index in [0.29, 0.717) is 25.7 Å². The third-order valence-electron chi connectivity index (χ3n) is 2.41. The Bertz CT molecular complexity index is 358. The maximum Gasteiger partial charge on any atom is 0.331 e. The Morgan fingerprint density at radius 2 is 2.31 bits per heavy atom. The molecule has 0 spiro atoms. The number of hydrogen-bond acceptors (Lipinski definition) is 6. The van der Waals surface area contributed by atoms with Crippen molar-refractivity contribution in [3.8, 4) is 0 Å². The minimum absolute atomic E-state index is 0.310. The molecule has 2 rings (SSSR count). The van der Waals surface area contributed by atoms with E-state index in [1.54, 1.807) is 23.4 Å². The number of carbonyl (C=O) groups excluding carboxylic acids is 1. The third-order valence-corrected chi connectivity index (χ3v) is 2.41. The quantitative estimate of drug-likeness (QED) is 0.650. The molecule has 1 aliphatic rings. The van der Waals surface area contributed by atoms with Crippen molar-refractivity contribution in [3.63, 3.8) is 0 Å². The first kappa shape index (κ1) is 10.8. The van der Waals surface area contributed by atoms with Gasteiger partial charge in [0.25, 0.3) is 0 Å². The van der Waals surface area contributed by atoms with E-state index >= 15 is 0 Å². The summed E-state index contributed by atoms with van der Waals surface area (Å²) < 4.78 is 9.98. The summed E-state index contributed by atoms with van der Waals surface area (Å²) in [5.41, 5.74) is 0. The van der Waals surface area contributed by atoms with E-state index in [1.807, 2.05) is 0 Å². The first-order chi connectivity index (χ1) is 7.83. The van der Waals surface area contributed by atoms with Gasteiger partial charge in [-0.3, -0.25) is 0 Å². The molecule has 6 heteroatoms. The van der Waals surface area contributed by atoms with E-state index in [4.69, 9.17) is 9.47 Å². The fraction of sp³-hybridized carbons (Fsp3) is 0.500. The molecule has 0 amide bonds. The van der Waals surface area contributed by atoms with Crippen molar-refractivity contribution in [3.05, 3.63) is 18.5 Å². The number of morpholine rings is 1. The molecule has 86 valence electrons. The molecule has 6 nitrogen and oxygen atoms in total. The lowest BCUT2D eigenvalue weighted by Gasteiger charge is -2.33. The minimum atomic E-state index is -0.457. The summed E-state index contributed by atoms with van der Waals surface area (Å²) in [6.07, 6.45) is 3.29. The highest BCUT2D eigenvalue weighted by molar-refractivity contribution is 5.79. The first-order valence-corrected chi connectivity index (χ1v) is 5.02. The van der Waals surface area contributed by atoms with Crippen LogP contribution in [-0.2, 0) is 14.3 Å². The minimum Gasteiger partial charge on any atom is -0.467 e. The average Bonchev–Trinajstić information content (AvgIpc) is 2.39. The van der Waals surface area contributed by atoms with Crippen LogP contribution in [0.3, 0.4) is 0 Å². The molecule has 0 radical (unpaired) electrons. The summed E-state index contributed by atoms with van der Waals surface area (Å²) in [6, 6.07) is 1.28. The van der Waals surface area contributed by atoms with Crippen molar-refractivity contribution in [2.24, 2.45) is 0 Å². The van der Waals surface area contributed by atoms with Crippen molar-refractivity contribution in [1.82, 2.24) is 9.97 Å². The molecule has 1 fully saturated rings. The van der Waals surface area contributed by atoms with Crippen LogP contribution in [-0.4, -0.2) is 48.8 Å². The largest absolute Gasteiger partial charge is 0.467 e. The molecule has 1 saturated heterocycles. The van der Waals surface area contributed by atoms with E-state index in [9.17, 15) is 4.79 Å². The molecule has 0 aliphatic carbocycles. The molecule has 0 bridgehead atoms. The van der Waals surface area contributed by atoms with Crippen LogP contribution in [0.5, 0.6) is 0 Å². The Kier molecular flexibility index (Phi) is 3.31. The molecule has 1 aromatic rings. The second-order valence-corrected chi connectivity index (χ2v) is 3.36. The number of carbonyl (C=O) groups is 1. The van der Waals surface area contributed by atoms with E-state index in [-0.39, 0.29) is 5.97 Å². The van der Waals surface area contributed by atoms with Gasteiger partial charge in [-0.1, -0.05) is 0 Å². The molecular formula is C10H13N3O3. The third kappa shape index (κ3) is 2.11. The lowest BCUT2D eigenvalue weighted by molar-refractivity contribution is -0.144.